The zero-order valence-corrected chi connectivity index (χ0v) is 22.6. The Morgan fingerprint density at radius 3 is 2.32 bits per heavy atom. The molecule has 1 aromatic carbocycles. The Hall–Kier alpha value is -2.33. The highest BCUT2D eigenvalue weighted by Gasteiger charge is 2.28. The van der Waals surface area contributed by atoms with Gasteiger partial charge in [-0.15, -0.1) is 11.3 Å². The lowest BCUT2D eigenvalue weighted by atomic mass is 9.90. The molecule has 0 N–H and O–H groups in total. The number of methoxy groups -OCH3 is 1. The molecular weight excluding hydrogens is 490 g/mol. The van der Waals surface area contributed by atoms with Gasteiger partial charge in [0.1, 0.15) is 12.3 Å². The maximum atomic E-state index is 13.1. The van der Waals surface area contributed by atoms with Gasteiger partial charge in [-0.1, -0.05) is 30.3 Å². The smallest absolute Gasteiger partial charge is 0.273 e. The fourth-order valence-corrected chi connectivity index (χ4v) is 5.98. The number of carbonyl (C=O) groups is 2. The van der Waals surface area contributed by atoms with Crippen molar-refractivity contribution < 1.29 is 23.8 Å². The molecule has 0 spiro atoms. The lowest BCUT2D eigenvalue weighted by molar-refractivity contribution is -0.137. The number of nitrogens with zero attached hydrogens (tertiary/aromatic N) is 3. The van der Waals surface area contributed by atoms with E-state index in [1.165, 1.54) is 5.56 Å². The van der Waals surface area contributed by atoms with E-state index in [0.29, 0.717) is 57.0 Å². The molecule has 2 amide bonds. The van der Waals surface area contributed by atoms with Crippen LogP contribution in [0.5, 0.6) is 0 Å². The van der Waals surface area contributed by atoms with Crippen LogP contribution < -0.4 is 0 Å². The minimum atomic E-state index is 0.0148. The average molecular weight is 530 g/mol. The first kappa shape index (κ1) is 27.7. The maximum absolute atomic E-state index is 13.1. The summed E-state index contributed by atoms with van der Waals surface area (Å²) in [5.41, 5.74) is 1.95. The Morgan fingerprint density at radius 2 is 1.59 bits per heavy atom. The van der Waals surface area contributed by atoms with Gasteiger partial charge in [-0.2, -0.15) is 0 Å². The molecule has 3 heterocycles. The molecule has 0 bridgehead atoms. The molecule has 2 aliphatic heterocycles. The van der Waals surface area contributed by atoms with Gasteiger partial charge in [0.15, 0.2) is 0 Å². The topological polar surface area (TPSA) is 81.2 Å². The lowest BCUT2D eigenvalue weighted by Gasteiger charge is -2.32. The second-order valence-electron chi connectivity index (χ2n) is 9.81. The minimum absolute atomic E-state index is 0.0148. The van der Waals surface area contributed by atoms with E-state index in [9.17, 15) is 9.59 Å². The van der Waals surface area contributed by atoms with Gasteiger partial charge < -0.3 is 24.0 Å². The monoisotopic (exact) mass is 529 g/mol. The lowest BCUT2D eigenvalue weighted by Crippen LogP contribution is -2.40. The molecule has 2 fully saturated rings. The summed E-state index contributed by atoms with van der Waals surface area (Å²) in [6.45, 7) is 4.98. The Kier molecular flexibility index (Phi) is 10.9. The van der Waals surface area contributed by atoms with Gasteiger partial charge in [-0.3, -0.25) is 9.59 Å². The number of ether oxygens (including phenoxy) is 3. The van der Waals surface area contributed by atoms with E-state index in [2.05, 4.69) is 30.3 Å². The van der Waals surface area contributed by atoms with Crippen molar-refractivity contribution in [3.8, 4) is 0 Å². The number of rotatable bonds is 12. The summed E-state index contributed by atoms with van der Waals surface area (Å²) in [5, 5.41) is 2.92. The minimum Gasteiger partial charge on any atom is -0.382 e. The van der Waals surface area contributed by atoms with E-state index in [-0.39, 0.29) is 18.4 Å². The number of hydrogen-bond donors (Lipinski definition) is 0. The van der Waals surface area contributed by atoms with Gasteiger partial charge in [0.05, 0.1) is 31.4 Å². The maximum Gasteiger partial charge on any atom is 0.273 e. The number of likely N-dealkylation sites (tertiary alicyclic amines) is 2. The average Bonchev–Trinajstić information content (AvgIpc) is 3.44. The molecule has 0 saturated carbocycles. The molecule has 37 heavy (non-hydrogen) atoms. The second kappa shape index (κ2) is 14.6. The number of hydrogen-bond acceptors (Lipinski definition) is 7. The highest BCUT2D eigenvalue weighted by molar-refractivity contribution is 7.09. The number of benzene rings is 1. The first-order valence-electron chi connectivity index (χ1n) is 13.3. The van der Waals surface area contributed by atoms with Gasteiger partial charge in [0, 0.05) is 44.6 Å². The molecule has 4 rings (SSSR count). The molecule has 0 atom stereocenters. The molecule has 0 radical (unpaired) electrons. The van der Waals surface area contributed by atoms with Crippen molar-refractivity contribution in [2.24, 2.45) is 5.92 Å². The van der Waals surface area contributed by atoms with Crippen LogP contribution in [0.25, 0.3) is 0 Å². The SMILES string of the molecule is COCCOCCOCC(=O)N1CCC(c2nc(C(=O)N3CCC(Cc4ccccc4)CC3)cs2)CC1. The first-order valence-corrected chi connectivity index (χ1v) is 14.2. The number of carbonyl (C=O) groups excluding carboxylic acids is 2. The van der Waals surface area contributed by atoms with Crippen molar-refractivity contribution in [3.05, 3.63) is 52.0 Å². The third-order valence-corrected chi connectivity index (χ3v) is 8.24. The van der Waals surface area contributed by atoms with Gasteiger partial charge >= 0.3 is 0 Å². The van der Waals surface area contributed by atoms with Crippen LogP contribution in [-0.2, 0) is 25.4 Å². The molecule has 202 valence electrons. The van der Waals surface area contributed by atoms with E-state index in [0.717, 1.165) is 50.2 Å². The molecular formula is C28H39N3O5S. The van der Waals surface area contributed by atoms with Crippen molar-refractivity contribution in [2.45, 2.75) is 38.0 Å². The third kappa shape index (κ3) is 8.33. The highest BCUT2D eigenvalue weighted by atomic mass is 32.1. The van der Waals surface area contributed by atoms with Crippen LogP contribution in [0.15, 0.2) is 35.7 Å². The number of amides is 2. The van der Waals surface area contributed by atoms with Crippen LogP contribution in [0.1, 0.15) is 52.7 Å². The van der Waals surface area contributed by atoms with Crippen molar-refractivity contribution in [1.82, 2.24) is 14.8 Å². The molecule has 1 aromatic heterocycles. The summed E-state index contributed by atoms with van der Waals surface area (Å²) in [6.07, 6.45) is 4.87. The van der Waals surface area contributed by atoms with Crippen molar-refractivity contribution in [3.63, 3.8) is 0 Å². The van der Waals surface area contributed by atoms with Gasteiger partial charge in [-0.25, -0.2) is 4.98 Å². The van der Waals surface area contributed by atoms with Gasteiger partial charge in [0.2, 0.25) is 5.91 Å². The normalized spacial score (nSPS) is 17.3. The number of piperidine rings is 2. The standard InChI is InChI=1S/C28H39N3O5S/c1-34-15-16-35-17-18-36-20-26(32)30-13-9-24(10-14-30)27-29-25(21-37-27)28(33)31-11-7-23(8-12-31)19-22-5-3-2-4-6-22/h2-6,21,23-24H,7-20H2,1H3. The Morgan fingerprint density at radius 1 is 0.919 bits per heavy atom. The number of thiazole rings is 1. The number of aromatic nitrogens is 1. The summed E-state index contributed by atoms with van der Waals surface area (Å²) < 4.78 is 15.7. The van der Waals surface area contributed by atoms with E-state index in [1.54, 1.807) is 18.4 Å². The van der Waals surface area contributed by atoms with E-state index in [4.69, 9.17) is 19.2 Å². The fraction of sp³-hybridized carbons (Fsp3) is 0.607. The van der Waals surface area contributed by atoms with E-state index >= 15 is 0 Å². The molecule has 9 heteroatoms. The Labute approximate surface area is 223 Å². The van der Waals surface area contributed by atoms with Crippen LogP contribution in [0.3, 0.4) is 0 Å². The fourth-order valence-electron chi connectivity index (χ4n) is 5.01. The Balaban J connectivity index is 1.15. The van der Waals surface area contributed by atoms with Crippen LogP contribution in [0, 0.1) is 5.92 Å². The van der Waals surface area contributed by atoms with Crippen LogP contribution in [0.4, 0.5) is 0 Å². The molecule has 0 aliphatic carbocycles. The van der Waals surface area contributed by atoms with Gasteiger partial charge in [0.25, 0.3) is 5.91 Å². The zero-order valence-electron chi connectivity index (χ0n) is 21.8. The highest BCUT2D eigenvalue weighted by Crippen LogP contribution is 2.31. The van der Waals surface area contributed by atoms with Crippen molar-refractivity contribution in [2.75, 3.05) is 66.3 Å². The van der Waals surface area contributed by atoms with Gasteiger partial charge in [-0.05, 0) is 43.6 Å². The summed E-state index contributed by atoms with van der Waals surface area (Å²) >= 11 is 1.58. The third-order valence-electron chi connectivity index (χ3n) is 7.24. The van der Waals surface area contributed by atoms with Crippen molar-refractivity contribution in [1.29, 1.82) is 0 Å². The first-order chi connectivity index (χ1) is 18.1. The largest absolute Gasteiger partial charge is 0.382 e. The van der Waals surface area contributed by atoms with E-state index in [1.807, 2.05) is 15.2 Å². The molecule has 2 saturated heterocycles. The van der Waals surface area contributed by atoms with Crippen LogP contribution in [-0.4, -0.2) is 92.9 Å². The summed E-state index contributed by atoms with van der Waals surface area (Å²) in [5.74, 6) is 0.991. The summed E-state index contributed by atoms with van der Waals surface area (Å²) in [6, 6.07) is 10.6. The molecule has 8 nitrogen and oxygen atoms in total. The Bertz CT molecular complexity index is 969. The van der Waals surface area contributed by atoms with Crippen molar-refractivity contribution >= 4 is 23.2 Å². The second-order valence-corrected chi connectivity index (χ2v) is 10.7. The van der Waals surface area contributed by atoms with Crippen LogP contribution in [0.2, 0.25) is 0 Å². The molecule has 2 aromatic rings. The van der Waals surface area contributed by atoms with E-state index < -0.39 is 0 Å². The van der Waals surface area contributed by atoms with Crippen LogP contribution >= 0.6 is 11.3 Å². The summed E-state index contributed by atoms with van der Waals surface area (Å²) in [7, 11) is 1.63. The molecule has 0 unspecified atom stereocenters. The predicted octanol–water partition coefficient (Wildman–Crippen LogP) is 3.62. The quantitative estimate of drug-likeness (QED) is 0.391. The zero-order chi connectivity index (χ0) is 25.9. The predicted molar refractivity (Wildman–Crippen MR) is 143 cm³/mol. The summed E-state index contributed by atoms with van der Waals surface area (Å²) in [4.78, 5) is 34.1. The molecule has 2 aliphatic rings.